The summed E-state index contributed by atoms with van der Waals surface area (Å²) in [5.74, 6) is 0.364. The molecule has 2 rings (SSSR count). The van der Waals surface area contributed by atoms with Crippen molar-refractivity contribution in [2.75, 3.05) is 19.7 Å². The van der Waals surface area contributed by atoms with Gasteiger partial charge in [-0.2, -0.15) is 5.26 Å². The smallest absolute Gasteiger partial charge is 0.232 e. The molecule has 0 spiro atoms. The van der Waals surface area contributed by atoms with Crippen LogP contribution in [0.4, 0.5) is 0 Å². The molecule has 0 aliphatic carbocycles. The van der Waals surface area contributed by atoms with Crippen LogP contribution in [0.5, 0.6) is 5.88 Å². The Hall–Kier alpha value is -2.42. The van der Waals surface area contributed by atoms with Crippen molar-refractivity contribution in [2.24, 2.45) is 0 Å². The number of nitrogens with zero attached hydrogens (tertiary/aromatic N) is 2. The van der Waals surface area contributed by atoms with Gasteiger partial charge < -0.3 is 15.2 Å². The van der Waals surface area contributed by atoms with Crippen LogP contribution >= 0.6 is 0 Å². The van der Waals surface area contributed by atoms with E-state index in [0.717, 1.165) is 11.3 Å². The van der Waals surface area contributed by atoms with E-state index in [9.17, 15) is 5.26 Å². The first kappa shape index (κ1) is 16.9. The third-order valence-electron chi connectivity index (χ3n) is 3.42. The third kappa shape index (κ3) is 5.06. The van der Waals surface area contributed by atoms with Crippen LogP contribution in [0.2, 0.25) is 0 Å². The summed E-state index contributed by atoms with van der Waals surface area (Å²) in [6.45, 7) is 3.23. The summed E-state index contributed by atoms with van der Waals surface area (Å²) in [4.78, 5) is 4.35. The number of nitrogens with one attached hydrogen (secondary N) is 1. The summed E-state index contributed by atoms with van der Waals surface area (Å²) in [5, 5.41) is 21.2. The quantitative estimate of drug-likeness (QED) is 0.732. The second-order valence-electron chi connectivity index (χ2n) is 5.20. The molecule has 5 heteroatoms. The van der Waals surface area contributed by atoms with Crippen molar-refractivity contribution in [2.45, 2.75) is 19.4 Å². The van der Waals surface area contributed by atoms with Crippen molar-refractivity contribution in [3.63, 3.8) is 0 Å². The van der Waals surface area contributed by atoms with E-state index in [1.807, 2.05) is 37.3 Å². The van der Waals surface area contributed by atoms with E-state index in [4.69, 9.17) is 9.84 Å². The lowest BCUT2D eigenvalue weighted by molar-refractivity contribution is 0.183. The van der Waals surface area contributed by atoms with E-state index in [-0.39, 0.29) is 12.7 Å². The van der Waals surface area contributed by atoms with Crippen molar-refractivity contribution in [1.82, 2.24) is 10.3 Å². The number of hydrogen-bond donors (Lipinski definition) is 2. The molecule has 23 heavy (non-hydrogen) atoms. The number of rotatable bonds is 8. The highest BCUT2D eigenvalue weighted by Crippen LogP contribution is 2.25. The first-order valence-corrected chi connectivity index (χ1v) is 7.65. The minimum atomic E-state index is -0.205. The predicted octanol–water partition coefficient (Wildman–Crippen LogP) is 2.35. The Balaban J connectivity index is 2.17. The van der Waals surface area contributed by atoms with Gasteiger partial charge in [0.05, 0.1) is 6.61 Å². The molecule has 0 bridgehead atoms. The van der Waals surface area contributed by atoms with Gasteiger partial charge >= 0.3 is 0 Å². The van der Waals surface area contributed by atoms with Gasteiger partial charge in [-0.3, -0.25) is 0 Å². The molecule has 0 aliphatic heterocycles. The van der Waals surface area contributed by atoms with Crippen LogP contribution in [0.1, 0.15) is 29.3 Å². The molecule has 0 radical (unpaired) electrons. The van der Waals surface area contributed by atoms with E-state index in [0.29, 0.717) is 31.0 Å². The number of ether oxygens (including phenoxy) is 1. The fourth-order valence-corrected chi connectivity index (χ4v) is 2.24. The molecule has 120 valence electrons. The van der Waals surface area contributed by atoms with Gasteiger partial charge in [0.25, 0.3) is 0 Å². The van der Waals surface area contributed by atoms with E-state index >= 15 is 0 Å². The normalized spacial score (nSPS) is 11.7. The lowest BCUT2D eigenvalue weighted by Gasteiger charge is -2.20. The highest BCUT2D eigenvalue weighted by Gasteiger charge is 2.16. The van der Waals surface area contributed by atoms with Gasteiger partial charge in [-0.1, -0.05) is 30.3 Å². The molecule has 0 amide bonds. The number of aliphatic hydroxyl groups is 1. The zero-order valence-electron chi connectivity index (χ0n) is 13.2. The average molecular weight is 311 g/mol. The summed E-state index contributed by atoms with van der Waals surface area (Å²) in [5.41, 5.74) is 2.27. The molecule has 2 aromatic rings. The summed E-state index contributed by atoms with van der Waals surface area (Å²) >= 11 is 0. The molecule has 1 heterocycles. The molecule has 1 aromatic carbocycles. The Morgan fingerprint density at radius 1 is 1.22 bits per heavy atom. The molecule has 0 saturated heterocycles. The summed E-state index contributed by atoms with van der Waals surface area (Å²) < 4.78 is 6.05. The lowest BCUT2D eigenvalue weighted by Crippen LogP contribution is -2.23. The molecule has 5 nitrogen and oxygen atoms in total. The van der Waals surface area contributed by atoms with E-state index in [1.165, 1.54) is 0 Å². The maximum atomic E-state index is 9.23. The SMILES string of the molecule is Cc1ccc(C#N)c(OC(CCNCCO)c2ccccc2)n1. The van der Waals surface area contributed by atoms with Crippen LogP contribution in [0.3, 0.4) is 0 Å². The molecule has 0 saturated carbocycles. The van der Waals surface area contributed by atoms with Crippen LogP contribution in [0, 0.1) is 18.3 Å². The Morgan fingerprint density at radius 2 is 2.00 bits per heavy atom. The summed E-state index contributed by atoms with van der Waals surface area (Å²) in [6.07, 6.45) is 0.508. The Kier molecular flexibility index (Phi) is 6.55. The largest absolute Gasteiger partial charge is 0.468 e. The van der Waals surface area contributed by atoms with Gasteiger partial charge in [-0.05, 0) is 31.2 Å². The van der Waals surface area contributed by atoms with Crippen LogP contribution in [-0.4, -0.2) is 29.8 Å². The third-order valence-corrected chi connectivity index (χ3v) is 3.42. The molecule has 1 atom stereocenters. The Labute approximate surface area is 136 Å². The second-order valence-corrected chi connectivity index (χ2v) is 5.20. The van der Waals surface area contributed by atoms with Gasteiger partial charge in [0.2, 0.25) is 5.88 Å². The predicted molar refractivity (Wildman–Crippen MR) is 88.1 cm³/mol. The molecule has 2 N–H and O–H groups in total. The highest BCUT2D eigenvalue weighted by atomic mass is 16.5. The van der Waals surface area contributed by atoms with Crippen LogP contribution in [0.15, 0.2) is 42.5 Å². The summed E-state index contributed by atoms with van der Waals surface area (Å²) in [7, 11) is 0. The first-order valence-electron chi connectivity index (χ1n) is 7.65. The van der Waals surface area contributed by atoms with E-state index in [1.54, 1.807) is 12.1 Å². The van der Waals surface area contributed by atoms with Crippen molar-refractivity contribution in [3.05, 3.63) is 59.3 Å². The molecule has 1 unspecified atom stereocenters. The zero-order chi connectivity index (χ0) is 16.5. The average Bonchev–Trinajstić information content (AvgIpc) is 2.58. The van der Waals surface area contributed by atoms with Crippen molar-refractivity contribution in [1.29, 1.82) is 5.26 Å². The number of aromatic nitrogens is 1. The zero-order valence-corrected chi connectivity index (χ0v) is 13.2. The fraction of sp³-hybridized carbons (Fsp3) is 0.333. The van der Waals surface area contributed by atoms with Crippen molar-refractivity contribution >= 4 is 0 Å². The number of pyridine rings is 1. The van der Waals surface area contributed by atoms with Crippen LogP contribution in [0.25, 0.3) is 0 Å². The minimum absolute atomic E-state index is 0.106. The lowest BCUT2D eigenvalue weighted by atomic mass is 10.1. The first-order chi connectivity index (χ1) is 11.2. The Morgan fingerprint density at radius 3 is 2.70 bits per heavy atom. The molecular weight excluding hydrogens is 290 g/mol. The molecule has 1 aromatic heterocycles. The van der Waals surface area contributed by atoms with Gasteiger partial charge in [0.1, 0.15) is 17.7 Å². The number of hydrogen-bond acceptors (Lipinski definition) is 5. The second kappa shape index (κ2) is 8.89. The number of nitriles is 1. The monoisotopic (exact) mass is 311 g/mol. The molecular formula is C18H21N3O2. The maximum Gasteiger partial charge on any atom is 0.232 e. The number of aliphatic hydroxyl groups excluding tert-OH is 1. The van der Waals surface area contributed by atoms with Gasteiger partial charge in [0.15, 0.2) is 0 Å². The van der Waals surface area contributed by atoms with Crippen molar-refractivity contribution in [3.8, 4) is 11.9 Å². The van der Waals surface area contributed by atoms with E-state index in [2.05, 4.69) is 16.4 Å². The Bertz CT molecular complexity index is 653. The number of benzene rings is 1. The van der Waals surface area contributed by atoms with Gasteiger partial charge in [-0.15, -0.1) is 0 Å². The maximum absolute atomic E-state index is 9.23. The van der Waals surface area contributed by atoms with Crippen LogP contribution in [-0.2, 0) is 0 Å². The topological polar surface area (TPSA) is 78.2 Å². The molecule has 0 fully saturated rings. The van der Waals surface area contributed by atoms with Gasteiger partial charge in [0, 0.05) is 18.7 Å². The summed E-state index contributed by atoms with van der Waals surface area (Å²) in [6, 6.07) is 15.5. The minimum Gasteiger partial charge on any atom is -0.468 e. The standard InChI is InChI=1S/C18H21N3O2/c1-14-7-8-16(13-19)18(21-14)23-17(9-10-20-11-12-22)15-5-3-2-4-6-15/h2-8,17,20,22H,9-12H2,1H3. The van der Waals surface area contributed by atoms with Gasteiger partial charge in [-0.25, -0.2) is 4.98 Å². The van der Waals surface area contributed by atoms with E-state index < -0.39 is 0 Å². The highest BCUT2D eigenvalue weighted by molar-refractivity contribution is 5.39. The number of aryl methyl sites for hydroxylation is 1. The molecule has 0 aliphatic rings. The van der Waals surface area contributed by atoms with Crippen LogP contribution < -0.4 is 10.1 Å². The fourth-order valence-electron chi connectivity index (χ4n) is 2.24. The van der Waals surface area contributed by atoms with Crippen molar-refractivity contribution < 1.29 is 9.84 Å².